The molecule has 10 heteroatoms. The molecular formula is C37H29FN6O3. The predicted octanol–water partition coefficient (Wildman–Crippen LogP) is 6.60. The molecule has 4 aromatic carbocycles. The van der Waals surface area contributed by atoms with E-state index < -0.39 is 11.5 Å². The summed E-state index contributed by atoms with van der Waals surface area (Å²) in [6.07, 6.45) is 3.18. The Morgan fingerprint density at radius 2 is 1.57 bits per heavy atom. The Labute approximate surface area is 270 Å². The molecule has 0 atom stereocenters. The second kappa shape index (κ2) is 13.3. The van der Waals surface area contributed by atoms with Crippen LogP contribution in [0.15, 0.2) is 126 Å². The molecule has 0 saturated heterocycles. The van der Waals surface area contributed by atoms with Gasteiger partial charge in [0, 0.05) is 29.9 Å². The lowest BCUT2D eigenvalue weighted by molar-refractivity contribution is -0.112. The molecule has 9 nitrogen and oxygen atoms in total. The second-order valence-electron chi connectivity index (χ2n) is 10.7. The van der Waals surface area contributed by atoms with Gasteiger partial charge in [0.1, 0.15) is 35.5 Å². The number of nitrogens with one attached hydrogen (secondary N) is 1. The van der Waals surface area contributed by atoms with E-state index in [1.807, 2.05) is 54.6 Å². The molecule has 0 saturated carbocycles. The summed E-state index contributed by atoms with van der Waals surface area (Å²) in [7, 11) is 1.72. The van der Waals surface area contributed by atoms with Crippen molar-refractivity contribution < 1.29 is 13.9 Å². The minimum atomic E-state index is -0.728. The molecule has 232 valence electrons. The predicted molar refractivity (Wildman–Crippen MR) is 178 cm³/mol. The molecule has 0 spiro atoms. The molecule has 6 aromatic rings. The SMILES string of the molecule is Cc1c(NC(=O)/C(C#N)=C\c2cn(-c3ccccc3)nc2-c2ccc(OCc3ccccc3F)cc2)c(=O)n(-c2ccccc2)n1C. The highest BCUT2D eigenvalue weighted by Gasteiger charge is 2.21. The van der Waals surface area contributed by atoms with Crippen molar-refractivity contribution >= 4 is 17.7 Å². The maximum absolute atomic E-state index is 14.0. The molecule has 6 rings (SSSR count). The third kappa shape index (κ3) is 6.36. The summed E-state index contributed by atoms with van der Waals surface area (Å²) in [5.74, 6) is -0.532. The molecule has 0 fully saturated rings. The highest BCUT2D eigenvalue weighted by atomic mass is 19.1. The number of anilines is 1. The van der Waals surface area contributed by atoms with Gasteiger partial charge >= 0.3 is 0 Å². The molecule has 0 aliphatic carbocycles. The minimum Gasteiger partial charge on any atom is -0.489 e. The highest BCUT2D eigenvalue weighted by Crippen LogP contribution is 2.28. The average molecular weight is 625 g/mol. The Hall–Kier alpha value is -6.47. The zero-order chi connectivity index (χ0) is 32.9. The molecule has 2 heterocycles. The Morgan fingerprint density at radius 3 is 2.23 bits per heavy atom. The summed E-state index contributed by atoms with van der Waals surface area (Å²) in [5.41, 5.74) is 3.56. The fourth-order valence-electron chi connectivity index (χ4n) is 5.11. The lowest BCUT2D eigenvalue weighted by Gasteiger charge is -2.08. The van der Waals surface area contributed by atoms with Gasteiger partial charge in [-0.3, -0.25) is 14.3 Å². The largest absolute Gasteiger partial charge is 0.489 e. The lowest BCUT2D eigenvalue weighted by Crippen LogP contribution is -2.23. The smallest absolute Gasteiger partial charge is 0.295 e. The number of hydrogen-bond donors (Lipinski definition) is 1. The van der Waals surface area contributed by atoms with Crippen molar-refractivity contribution in [3.63, 3.8) is 0 Å². The summed E-state index contributed by atoms with van der Waals surface area (Å²) >= 11 is 0. The summed E-state index contributed by atoms with van der Waals surface area (Å²) < 4.78 is 24.6. The zero-order valence-corrected chi connectivity index (χ0v) is 25.6. The molecular weight excluding hydrogens is 595 g/mol. The van der Waals surface area contributed by atoms with E-state index >= 15 is 0 Å². The van der Waals surface area contributed by atoms with Crippen LogP contribution in [0.5, 0.6) is 5.75 Å². The number of benzene rings is 4. The zero-order valence-electron chi connectivity index (χ0n) is 25.6. The first-order valence-electron chi connectivity index (χ1n) is 14.7. The third-order valence-electron chi connectivity index (χ3n) is 7.70. The van der Waals surface area contributed by atoms with E-state index in [4.69, 9.17) is 9.84 Å². The molecule has 0 radical (unpaired) electrons. The topological polar surface area (TPSA) is 107 Å². The number of nitriles is 1. The van der Waals surface area contributed by atoms with Gasteiger partial charge in [-0.25, -0.2) is 13.8 Å². The van der Waals surface area contributed by atoms with Crippen LogP contribution in [0.2, 0.25) is 0 Å². The van der Waals surface area contributed by atoms with Crippen LogP contribution >= 0.6 is 0 Å². The van der Waals surface area contributed by atoms with Crippen molar-refractivity contribution in [3.05, 3.63) is 154 Å². The third-order valence-corrected chi connectivity index (χ3v) is 7.70. The van der Waals surface area contributed by atoms with Gasteiger partial charge in [0.2, 0.25) is 0 Å². The molecule has 0 aliphatic heterocycles. The second-order valence-corrected chi connectivity index (χ2v) is 10.7. The van der Waals surface area contributed by atoms with E-state index in [-0.39, 0.29) is 23.7 Å². The maximum atomic E-state index is 14.0. The van der Waals surface area contributed by atoms with Crippen LogP contribution in [0.1, 0.15) is 16.8 Å². The molecule has 0 aliphatic rings. The summed E-state index contributed by atoms with van der Waals surface area (Å²) in [4.78, 5) is 26.8. The van der Waals surface area contributed by atoms with Crippen LogP contribution in [0.25, 0.3) is 28.7 Å². The van der Waals surface area contributed by atoms with Crippen LogP contribution in [-0.4, -0.2) is 25.1 Å². The number of para-hydroxylation sites is 2. The molecule has 47 heavy (non-hydrogen) atoms. The van der Waals surface area contributed by atoms with Crippen molar-refractivity contribution in [2.24, 2.45) is 7.05 Å². The van der Waals surface area contributed by atoms with Crippen LogP contribution < -0.4 is 15.6 Å². The van der Waals surface area contributed by atoms with Crippen molar-refractivity contribution in [1.29, 1.82) is 5.26 Å². The Bertz CT molecular complexity index is 2190. The number of nitrogens with zero attached hydrogens (tertiary/aromatic N) is 5. The van der Waals surface area contributed by atoms with Crippen LogP contribution in [0.3, 0.4) is 0 Å². The number of carbonyl (C=O) groups excluding carboxylic acids is 1. The lowest BCUT2D eigenvalue weighted by atomic mass is 10.1. The molecule has 0 unspecified atom stereocenters. The number of amides is 1. The van der Waals surface area contributed by atoms with E-state index in [2.05, 4.69) is 5.32 Å². The van der Waals surface area contributed by atoms with Crippen molar-refractivity contribution in [3.8, 4) is 34.5 Å². The number of rotatable bonds is 9. The van der Waals surface area contributed by atoms with E-state index in [0.29, 0.717) is 39.5 Å². The number of hydrogen-bond acceptors (Lipinski definition) is 5. The van der Waals surface area contributed by atoms with Gasteiger partial charge in [-0.05, 0) is 67.6 Å². The molecule has 1 N–H and O–H groups in total. The number of halogens is 1. The van der Waals surface area contributed by atoms with E-state index in [9.17, 15) is 19.2 Å². The van der Waals surface area contributed by atoms with Crippen molar-refractivity contribution in [2.45, 2.75) is 13.5 Å². The van der Waals surface area contributed by atoms with E-state index in [1.165, 1.54) is 16.8 Å². The van der Waals surface area contributed by atoms with Gasteiger partial charge < -0.3 is 10.1 Å². The van der Waals surface area contributed by atoms with Gasteiger partial charge in [-0.2, -0.15) is 10.4 Å². The van der Waals surface area contributed by atoms with Gasteiger partial charge in [-0.15, -0.1) is 0 Å². The first-order chi connectivity index (χ1) is 22.8. The fraction of sp³-hybridized carbons (Fsp3) is 0.0811. The number of ether oxygens (including phenoxy) is 1. The quantitative estimate of drug-likeness (QED) is 0.144. The van der Waals surface area contributed by atoms with Crippen LogP contribution in [-0.2, 0) is 18.4 Å². The Morgan fingerprint density at radius 1 is 0.936 bits per heavy atom. The summed E-state index contributed by atoms with van der Waals surface area (Å²) in [5, 5.41) is 17.5. The molecule has 2 aromatic heterocycles. The first-order valence-corrected chi connectivity index (χ1v) is 14.7. The standard InChI is InChI=1S/C37H29FN6O3/c1-25-34(37(46)44(42(25)2)31-14-7-4-8-15-31)40-36(45)28(22-39)21-29-23-43(30-12-5-3-6-13-30)41-35(29)26-17-19-32(20-18-26)47-24-27-11-9-10-16-33(27)38/h3-21,23H,24H2,1-2H3,(H,40,45)/b28-21-. The molecule has 0 bridgehead atoms. The number of aromatic nitrogens is 4. The normalized spacial score (nSPS) is 11.2. The van der Waals surface area contributed by atoms with Crippen LogP contribution in [0, 0.1) is 24.1 Å². The van der Waals surface area contributed by atoms with Gasteiger partial charge in [0.05, 0.1) is 22.8 Å². The monoisotopic (exact) mass is 624 g/mol. The van der Waals surface area contributed by atoms with Gasteiger partial charge in [0.25, 0.3) is 11.5 Å². The van der Waals surface area contributed by atoms with Crippen molar-refractivity contribution in [1.82, 2.24) is 19.1 Å². The molecule has 1 amide bonds. The van der Waals surface area contributed by atoms with Crippen LogP contribution in [0.4, 0.5) is 10.1 Å². The van der Waals surface area contributed by atoms with Gasteiger partial charge in [0.15, 0.2) is 0 Å². The van der Waals surface area contributed by atoms with Crippen molar-refractivity contribution in [2.75, 3.05) is 5.32 Å². The van der Waals surface area contributed by atoms with Gasteiger partial charge in [-0.1, -0.05) is 54.6 Å². The number of carbonyl (C=O) groups is 1. The average Bonchev–Trinajstić information content (AvgIpc) is 3.62. The fourth-order valence-corrected chi connectivity index (χ4v) is 5.11. The highest BCUT2D eigenvalue weighted by molar-refractivity contribution is 6.10. The van der Waals surface area contributed by atoms with E-state index in [0.717, 1.165) is 5.69 Å². The summed E-state index contributed by atoms with van der Waals surface area (Å²) in [6.45, 7) is 1.79. The van der Waals surface area contributed by atoms with E-state index in [1.54, 1.807) is 84.1 Å². The Balaban J connectivity index is 1.32. The summed E-state index contributed by atoms with van der Waals surface area (Å²) in [6, 6.07) is 34.0. The minimum absolute atomic E-state index is 0.0700. The first kappa shape index (κ1) is 30.6. The maximum Gasteiger partial charge on any atom is 0.295 e. The Kier molecular flexibility index (Phi) is 8.62.